The molecule has 0 radical (unpaired) electrons. The fourth-order valence-corrected chi connectivity index (χ4v) is 14.6. The second kappa shape index (κ2) is 24.2. The molecule has 0 atom stereocenters. The van der Waals surface area contributed by atoms with Crippen LogP contribution in [-0.2, 0) is 9.13 Å². The summed E-state index contributed by atoms with van der Waals surface area (Å²) in [5, 5.41) is 13.2. The first-order valence-electron chi connectivity index (χ1n) is 31.8. The predicted molar refractivity (Wildman–Crippen MR) is 407 cm³/mol. The van der Waals surface area contributed by atoms with E-state index in [0.717, 1.165) is 115 Å². The number of hydrogen-bond acceptors (Lipinski definition) is 4. The van der Waals surface area contributed by atoms with Crippen LogP contribution in [0.25, 0.3) is 165 Å². The first kappa shape index (κ1) is 59.2. The van der Waals surface area contributed by atoms with E-state index in [0.29, 0.717) is 0 Å². The molecule has 0 spiro atoms. The maximum atomic E-state index is 12.9. The highest BCUT2D eigenvalue weighted by atomic mass is 35.5. The first-order valence-corrected chi connectivity index (χ1v) is 37.0. The van der Waals surface area contributed by atoms with Gasteiger partial charge in [0.25, 0.3) is 0 Å². The number of nitrogens with zero attached hydrogens (tertiary/aromatic N) is 4. The van der Waals surface area contributed by atoms with Gasteiger partial charge in [-0.1, -0.05) is 228 Å². The SMILES string of the molecule is CP(C)(=O)c1ccc2ccc(-c3ccc4c5cc(-c6ccccc6)ccc5n5c6ccc(-c7ccccc7)cc6nc5c4c3)cc2c1.C[P+](C)=O.Clc1ccc2ccc(-c3ccc4c5cc(-c6ccccc6)ccc5n5c6ccc(-c7ccccc7)cc6nc5c4c3)cc2c1. The van der Waals surface area contributed by atoms with Gasteiger partial charge in [0, 0.05) is 31.9 Å². The Labute approximate surface area is 556 Å². The van der Waals surface area contributed by atoms with Gasteiger partial charge in [-0.25, -0.2) is 9.97 Å². The molecule has 14 aromatic carbocycles. The largest absolute Gasteiger partial charge is 0.332 e. The van der Waals surface area contributed by atoms with Crippen LogP contribution >= 0.6 is 26.5 Å². The molecule has 454 valence electrons. The number of imidazole rings is 2. The molecule has 0 aliphatic heterocycles. The van der Waals surface area contributed by atoms with Crippen LogP contribution in [0.2, 0.25) is 5.02 Å². The van der Waals surface area contributed by atoms with Gasteiger partial charge in [0.15, 0.2) is 0 Å². The Morgan fingerprint density at radius 3 is 1.03 bits per heavy atom. The Morgan fingerprint density at radius 1 is 0.305 bits per heavy atom. The quantitative estimate of drug-likeness (QED) is 0.118. The molecule has 4 aromatic heterocycles. The molecule has 18 rings (SSSR count). The van der Waals surface area contributed by atoms with Gasteiger partial charge in [-0.05, 0) is 203 Å². The molecule has 0 saturated heterocycles. The summed E-state index contributed by atoms with van der Waals surface area (Å²) >= 11 is 6.35. The van der Waals surface area contributed by atoms with Gasteiger partial charge >= 0.3 is 7.80 Å². The zero-order valence-electron chi connectivity index (χ0n) is 52.7. The van der Waals surface area contributed by atoms with E-state index in [1.54, 1.807) is 13.3 Å². The summed E-state index contributed by atoms with van der Waals surface area (Å²) in [4.78, 5) is 10.6. The molecule has 95 heavy (non-hydrogen) atoms. The topological polar surface area (TPSA) is 68.7 Å². The summed E-state index contributed by atoms with van der Waals surface area (Å²) in [7, 11) is -3.24. The van der Waals surface area contributed by atoms with Crippen molar-refractivity contribution in [3.63, 3.8) is 0 Å². The molecule has 0 saturated carbocycles. The van der Waals surface area contributed by atoms with Gasteiger partial charge < -0.3 is 4.57 Å². The van der Waals surface area contributed by atoms with Gasteiger partial charge in [-0.3, -0.25) is 8.80 Å². The highest BCUT2D eigenvalue weighted by Crippen LogP contribution is 2.42. The van der Waals surface area contributed by atoms with Gasteiger partial charge in [0.2, 0.25) is 0 Å². The lowest BCUT2D eigenvalue weighted by atomic mass is 9.96. The Balaban J connectivity index is 0.000000142. The predicted octanol–water partition coefficient (Wildman–Crippen LogP) is 23.9. The summed E-state index contributed by atoms with van der Waals surface area (Å²) in [5.41, 5.74) is 22.4. The van der Waals surface area contributed by atoms with Gasteiger partial charge in [-0.2, -0.15) is 0 Å². The van der Waals surface area contributed by atoms with Crippen LogP contribution in [0.5, 0.6) is 0 Å². The fraction of sp³-hybridized carbons (Fsp3) is 0.0465. The van der Waals surface area contributed by atoms with Crippen LogP contribution in [0.15, 0.2) is 303 Å². The Morgan fingerprint density at radius 2 is 0.621 bits per heavy atom. The third-order valence-corrected chi connectivity index (χ3v) is 20.0. The molecular weight excluding hydrogens is 1220 g/mol. The third-order valence-electron chi connectivity index (χ3n) is 18.2. The molecule has 4 heterocycles. The van der Waals surface area contributed by atoms with Crippen molar-refractivity contribution in [2.45, 2.75) is 0 Å². The Kier molecular flexibility index (Phi) is 15.1. The molecule has 0 aliphatic rings. The molecular formula is C86H62ClN4O2P2+. The van der Waals surface area contributed by atoms with E-state index in [-0.39, 0.29) is 0 Å². The smallest absolute Gasteiger partial charge is 0.319 e. The minimum atomic E-state index is -2.37. The van der Waals surface area contributed by atoms with E-state index in [1.807, 2.05) is 37.6 Å². The fourth-order valence-electron chi connectivity index (χ4n) is 13.6. The maximum Gasteiger partial charge on any atom is 0.332 e. The summed E-state index contributed by atoms with van der Waals surface area (Å²) in [6.45, 7) is 7.01. The minimum absolute atomic E-state index is 0.745. The van der Waals surface area contributed by atoms with E-state index in [1.165, 1.54) is 60.3 Å². The van der Waals surface area contributed by atoms with Crippen molar-refractivity contribution < 1.29 is 9.13 Å². The number of halogens is 1. The van der Waals surface area contributed by atoms with Crippen LogP contribution in [0.3, 0.4) is 0 Å². The summed E-state index contributed by atoms with van der Waals surface area (Å²) in [5.74, 6) is 0. The van der Waals surface area contributed by atoms with Gasteiger partial charge in [0.05, 0.1) is 33.1 Å². The zero-order chi connectivity index (χ0) is 64.5. The van der Waals surface area contributed by atoms with Crippen LogP contribution in [0.4, 0.5) is 0 Å². The molecule has 0 fully saturated rings. The molecule has 0 bridgehead atoms. The molecule has 0 aliphatic carbocycles. The van der Waals surface area contributed by atoms with Crippen LogP contribution in [0, 0.1) is 0 Å². The number of fused-ring (bicyclic) bond motifs is 18. The van der Waals surface area contributed by atoms with Gasteiger partial charge in [-0.15, -0.1) is 0 Å². The standard InChI is InChI=1S/C43H31N2OP.C41H25ClN2.C2H6OP/c1-47(2,46)36-19-15-30-13-14-31(23-35(30)24-36)33-16-20-37-38-25-32(28-9-5-3-6-10-28)17-21-41(38)45-42-22-18-34(29-11-7-4-8-12-29)27-40(42)44-43(45)39(37)26-33;42-34-17-13-28-11-12-29(21-33(28)22-34)31-14-18-35-36-23-30(26-7-3-1-4-8-26)15-19-39(36)44-40-20-16-32(27-9-5-2-6-10-27)25-38(40)43-41(44)37(35)24-31;1-4(2)3/h3-27H,1-2H3;1-25H;1-2H3/q;;+1. The second-order valence-electron chi connectivity index (χ2n) is 25.0. The molecule has 0 unspecified atom stereocenters. The van der Waals surface area contributed by atoms with Crippen molar-refractivity contribution >= 4 is 130 Å². The highest BCUT2D eigenvalue weighted by molar-refractivity contribution is 7.70. The van der Waals surface area contributed by atoms with E-state index in [9.17, 15) is 9.13 Å². The molecule has 0 N–H and O–H groups in total. The first-order chi connectivity index (χ1) is 46.3. The van der Waals surface area contributed by atoms with Crippen molar-refractivity contribution in [1.82, 2.24) is 18.8 Å². The summed E-state index contributed by atoms with van der Waals surface area (Å²) in [6, 6.07) is 108. The van der Waals surface area contributed by atoms with E-state index < -0.39 is 14.9 Å². The number of benzene rings is 14. The van der Waals surface area contributed by atoms with Crippen LogP contribution in [-0.4, -0.2) is 45.4 Å². The lowest BCUT2D eigenvalue weighted by molar-refractivity contribution is 0.588. The van der Waals surface area contributed by atoms with E-state index >= 15 is 0 Å². The monoisotopic (exact) mass is 1280 g/mol. The number of aromatic nitrogens is 4. The third kappa shape index (κ3) is 11.2. The summed E-state index contributed by atoms with van der Waals surface area (Å²) < 4.78 is 27.1. The summed E-state index contributed by atoms with van der Waals surface area (Å²) in [6.07, 6.45) is 0. The molecule has 0 amide bonds. The lowest BCUT2D eigenvalue weighted by Gasteiger charge is -2.13. The minimum Gasteiger partial charge on any atom is -0.319 e. The average molecular weight is 1280 g/mol. The van der Waals surface area contributed by atoms with Crippen molar-refractivity contribution in [2.75, 3.05) is 26.7 Å². The number of hydrogen-bond donors (Lipinski definition) is 0. The van der Waals surface area contributed by atoms with Crippen molar-refractivity contribution in [3.8, 4) is 66.8 Å². The van der Waals surface area contributed by atoms with Crippen molar-refractivity contribution in [3.05, 3.63) is 308 Å². The average Bonchev–Trinajstić information content (AvgIpc) is 1.64. The highest BCUT2D eigenvalue weighted by Gasteiger charge is 2.20. The number of pyridine rings is 2. The lowest BCUT2D eigenvalue weighted by Crippen LogP contribution is -2.01. The Bertz CT molecular complexity index is 6140. The van der Waals surface area contributed by atoms with Crippen molar-refractivity contribution in [1.29, 1.82) is 0 Å². The van der Waals surface area contributed by atoms with E-state index in [4.69, 9.17) is 21.6 Å². The van der Waals surface area contributed by atoms with Crippen molar-refractivity contribution in [2.24, 2.45) is 0 Å². The van der Waals surface area contributed by atoms with E-state index in [2.05, 4.69) is 288 Å². The maximum absolute atomic E-state index is 12.9. The van der Waals surface area contributed by atoms with Crippen LogP contribution in [0.1, 0.15) is 0 Å². The normalized spacial score (nSPS) is 11.7. The number of rotatable bonds is 7. The molecule has 9 heteroatoms. The zero-order valence-corrected chi connectivity index (χ0v) is 55.3. The van der Waals surface area contributed by atoms with Crippen LogP contribution < -0.4 is 5.30 Å². The molecule has 18 aromatic rings. The van der Waals surface area contributed by atoms with Gasteiger partial charge in [0.1, 0.15) is 31.8 Å². The Hall–Kier alpha value is -10.8. The molecule has 6 nitrogen and oxygen atoms in total. The second-order valence-corrected chi connectivity index (χ2v) is 30.3.